The number of amides is 1. The number of hydrogen-bond acceptors (Lipinski definition) is 4. The molecule has 0 unspecified atom stereocenters. The summed E-state index contributed by atoms with van der Waals surface area (Å²) >= 11 is 0. The van der Waals surface area contributed by atoms with Crippen LogP contribution < -0.4 is 4.74 Å². The minimum absolute atomic E-state index is 0.0110. The number of aromatic amines is 1. The maximum Gasteiger partial charge on any atom is 0.275 e. The molecule has 2 aromatic rings. The maximum atomic E-state index is 13.0. The topological polar surface area (TPSA) is 75.3 Å². The third kappa shape index (κ3) is 4.39. The van der Waals surface area contributed by atoms with Gasteiger partial charge in [-0.3, -0.25) is 14.7 Å². The average molecular weight is 379 g/mol. The molecular weight excluding hydrogens is 354 g/mol. The fourth-order valence-corrected chi connectivity index (χ4v) is 3.37. The maximum absolute atomic E-state index is 13.0. The summed E-state index contributed by atoms with van der Waals surface area (Å²) in [5, 5.41) is 7.05. The number of nitrogens with zero attached hydrogens (tertiary/aromatic N) is 2. The van der Waals surface area contributed by atoms with Gasteiger partial charge in [0.25, 0.3) is 5.91 Å². The largest absolute Gasteiger partial charge is 0.487 e. The minimum Gasteiger partial charge on any atom is -0.487 e. The molecule has 0 radical (unpaired) electrons. The third-order valence-electron chi connectivity index (χ3n) is 4.81. The van der Waals surface area contributed by atoms with E-state index in [0.29, 0.717) is 22.7 Å². The van der Waals surface area contributed by atoms with Crippen molar-refractivity contribution in [1.29, 1.82) is 0 Å². The molecule has 0 bridgehead atoms. The van der Waals surface area contributed by atoms with Crippen molar-refractivity contribution in [1.82, 2.24) is 15.1 Å². The number of hydrogen-bond donors (Lipinski definition) is 1. The van der Waals surface area contributed by atoms with Gasteiger partial charge < -0.3 is 9.64 Å². The summed E-state index contributed by atoms with van der Waals surface area (Å²) < 4.78 is 5.73. The van der Waals surface area contributed by atoms with Crippen molar-refractivity contribution in [3.05, 3.63) is 72.1 Å². The molecule has 1 aliphatic rings. The van der Waals surface area contributed by atoms with E-state index in [4.69, 9.17) is 4.74 Å². The summed E-state index contributed by atoms with van der Waals surface area (Å²) in [6.45, 7) is 7.55. The molecule has 0 spiro atoms. The fourth-order valence-electron chi connectivity index (χ4n) is 3.37. The number of carbonyl (C=O) groups excluding carboxylic acids is 2. The molecule has 6 heteroatoms. The predicted molar refractivity (Wildman–Crippen MR) is 107 cm³/mol. The van der Waals surface area contributed by atoms with Crippen LogP contribution in [0.15, 0.2) is 55.1 Å². The molecule has 0 saturated heterocycles. The molecule has 0 fully saturated rings. The normalized spacial score (nSPS) is 18.7. The van der Waals surface area contributed by atoms with Crippen molar-refractivity contribution < 1.29 is 14.3 Å². The van der Waals surface area contributed by atoms with Crippen molar-refractivity contribution in [2.45, 2.75) is 45.4 Å². The summed E-state index contributed by atoms with van der Waals surface area (Å²) in [6.07, 6.45) is 7.55. The van der Waals surface area contributed by atoms with Gasteiger partial charge in [-0.25, -0.2) is 0 Å². The lowest BCUT2D eigenvalue weighted by molar-refractivity contribution is 0.0616. The van der Waals surface area contributed by atoms with E-state index >= 15 is 0 Å². The molecule has 146 valence electrons. The Labute approximate surface area is 164 Å². The number of benzene rings is 1. The lowest BCUT2D eigenvalue weighted by Crippen LogP contribution is -2.47. The number of aromatic nitrogens is 2. The number of nitrogens with one attached hydrogen (secondary N) is 1. The van der Waals surface area contributed by atoms with Crippen LogP contribution in [0.25, 0.3) is 0 Å². The summed E-state index contributed by atoms with van der Waals surface area (Å²) in [5.74, 6) is 0.472. The minimum atomic E-state index is -0.107. The average Bonchev–Trinajstić information content (AvgIpc) is 3.16. The van der Waals surface area contributed by atoms with Crippen molar-refractivity contribution in [3.8, 4) is 5.75 Å². The lowest BCUT2D eigenvalue weighted by Gasteiger charge is -2.37. The lowest BCUT2D eigenvalue weighted by atomic mass is 10.00. The van der Waals surface area contributed by atoms with E-state index in [1.165, 1.54) is 6.92 Å². The second-order valence-electron chi connectivity index (χ2n) is 6.95. The van der Waals surface area contributed by atoms with E-state index in [2.05, 4.69) is 22.9 Å². The highest BCUT2D eigenvalue weighted by Gasteiger charge is 2.30. The summed E-state index contributed by atoms with van der Waals surface area (Å²) in [6, 6.07) is 8.83. The summed E-state index contributed by atoms with van der Waals surface area (Å²) in [7, 11) is 0. The smallest absolute Gasteiger partial charge is 0.275 e. The zero-order valence-corrected chi connectivity index (χ0v) is 16.2. The third-order valence-corrected chi connectivity index (χ3v) is 4.81. The second-order valence-corrected chi connectivity index (χ2v) is 6.95. The molecule has 0 saturated carbocycles. The van der Waals surface area contributed by atoms with Crippen LogP contribution in [0.4, 0.5) is 0 Å². The fraction of sp³-hybridized carbons (Fsp3) is 0.318. The van der Waals surface area contributed by atoms with E-state index in [0.717, 1.165) is 12.8 Å². The zero-order valence-electron chi connectivity index (χ0n) is 16.2. The van der Waals surface area contributed by atoms with Gasteiger partial charge in [0, 0.05) is 17.6 Å². The van der Waals surface area contributed by atoms with Crippen molar-refractivity contribution >= 4 is 11.7 Å². The van der Waals surface area contributed by atoms with Gasteiger partial charge >= 0.3 is 0 Å². The van der Waals surface area contributed by atoms with Crippen molar-refractivity contribution in [3.63, 3.8) is 0 Å². The SMILES string of the molecule is C=CC[C@@H]1CC=C[C@@H](C)N1C(=O)c1cc(COc2cccc(C(C)=O)c2)[nH]n1. The predicted octanol–water partition coefficient (Wildman–Crippen LogP) is 3.93. The van der Waals surface area contributed by atoms with Crippen LogP contribution in [0.2, 0.25) is 0 Å². The molecule has 1 N–H and O–H groups in total. The van der Waals surface area contributed by atoms with Gasteiger partial charge in [0.05, 0.1) is 5.69 Å². The van der Waals surface area contributed by atoms with E-state index < -0.39 is 0 Å². The standard InChI is InChI=1S/C22H25N3O3/c1-4-7-19-10-5-8-15(2)25(19)22(27)21-13-18(23-24-21)14-28-20-11-6-9-17(12-20)16(3)26/h4-6,8-9,11-13,15,19H,1,7,10,14H2,2-3H3,(H,23,24)/t15-,19-/m1/s1. The van der Waals surface area contributed by atoms with Gasteiger partial charge in [-0.2, -0.15) is 5.10 Å². The van der Waals surface area contributed by atoms with Gasteiger partial charge in [-0.05, 0) is 44.9 Å². The first-order valence-corrected chi connectivity index (χ1v) is 9.38. The van der Waals surface area contributed by atoms with Crippen LogP contribution in [0.3, 0.4) is 0 Å². The first-order valence-electron chi connectivity index (χ1n) is 9.38. The molecule has 0 aliphatic carbocycles. The number of H-pyrrole nitrogens is 1. The Morgan fingerprint density at radius 2 is 2.21 bits per heavy atom. The molecular formula is C22H25N3O3. The molecule has 1 aromatic carbocycles. The monoisotopic (exact) mass is 379 g/mol. The Balaban J connectivity index is 1.68. The van der Waals surface area contributed by atoms with Gasteiger partial charge in [0.1, 0.15) is 12.4 Å². The number of rotatable bonds is 7. The van der Waals surface area contributed by atoms with Crippen LogP contribution >= 0.6 is 0 Å². The Morgan fingerprint density at radius 3 is 2.96 bits per heavy atom. The molecule has 3 rings (SSSR count). The Kier molecular flexibility index (Phi) is 6.09. The quantitative estimate of drug-likeness (QED) is 0.584. The highest BCUT2D eigenvalue weighted by Crippen LogP contribution is 2.23. The van der Waals surface area contributed by atoms with Crippen LogP contribution in [-0.4, -0.2) is 38.9 Å². The summed E-state index contributed by atoms with van der Waals surface area (Å²) in [4.78, 5) is 26.3. The number of ether oxygens (including phenoxy) is 1. The molecule has 6 nitrogen and oxygen atoms in total. The number of Topliss-reactive ketones (excluding diaryl/α,β-unsaturated/α-hetero) is 1. The number of carbonyl (C=O) groups is 2. The van der Waals surface area contributed by atoms with Crippen LogP contribution in [0.1, 0.15) is 53.2 Å². The molecule has 1 amide bonds. The number of ketones is 1. The van der Waals surface area contributed by atoms with Gasteiger partial charge in [-0.15, -0.1) is 6.58 Å². The Bertz CT molecular complexity index is 900. The second kappa shape index (κ2) is 8.69. The highest BCUT2D eigenvalue weighted by atomic mass is 16.5. The van der Waals surface area contributed by atoms with E-state index in [9.17, 15) is 9.59 Å². The zero-order chi connectivity index (χ0) is 20.1. The Hall–Kier alpha value is -3.15. The molecule has 1 aliphatic heterocycles. The van der Waals surface area contributed by atoms with Crippen LogP contribution in [-0.2, 0) is 6.61 Å². The van der Waals surface area contributed by atoms with E-state index in [1.54, 1.807) is 30.3 Å². The molecule has 2 heterocycles. The van der Waals surface area contributed by atoms with Crippen LogP contribution in [0, 0.1) is 0 Å². The van der Waals surface area contributed by atoms with Crippen molar-refractivity contribution in [2.24, 2.45) is 0 Å². The molecule has 2 atom stereocenters. The van der Waals surface area contributed by atoms with Crippen molar-refractivity contribution in [2.75, 3.05) is 0 Å². The highest BCUT2D eigenvalue weighted by molar-refractivity contribution is 5.94. The van der Waals surface area contributed by atoms with Crippen LogP contribution in [0.5, 0.6) is 5.75 Å². The van der Waals surface area contributed by atoms with Gasteiger partial charge in [0.15, 0.2) is 11.5 Å². The van der Waals surface area contributed by atoms with E-state index in [-0.39, 0.29) is 30.4 Å². The van der Waals surface area contributed by atoms with E-state index in [1.807, 2.05) is 24.0 Å². The van der Waals surface area contributed by atoms with Gasteiger partial charge in [0.2, 0.25) is 0 Å². The molecule has 1 aromatic heterocycles. The Morgan fingerprint density at radius 1 is 1.39 bits per heavy atom. The van der Waals surface area contributed by atoms with Gasteiger partial charge in [-0.1, -0.05) is 30.4 Å². The molecule has 28 heavy (non-hydrogen) atoms. The first-order chi connectivity index (χ1) is 13.5. The first kappa shape index (κ1) is 19.6. The summed E-state index contributed by atoms with van der Waals surface area (Å²) in [5.41, 5.74) is 1.66.